The monoisotopic (exact) mass is 509 g/mol. The first-order valence-corrected chi connectivity index (χ1v) is 11.0. The number of thiazole rings is 1. The predicted molar refractivity (Wildman–Crippen MR) is 119 cm³/mol. The van der Waals surface area contributed by atoms with E-state index in [9.17, 15) is 31.9 Å². The highest BCUT2D eigenvalue weighted by Crippen LogP contribution is 2.37. The van der Waals surface area contributed by atoms with Crippen LogP contribution < -0.4 is 10.6 Å². The largest absolute Gasteiger partial charge is 0.445 e. The standard InChI is InChI=1S/C23H19F4N3O4S/c1-13(11-28-22(33)34-12-14-5-3-2-4-6-14)20(32)30-21-29-19(23(25,26)27)18(35-21)17(31)15-7-9-16(24)10-8-15/h2-10,13H,11-12H2,1H3,(H,28,33)(H,29,30,32). The molecule has 0 fully saturated rings. The van der Waals surface area contributed by atoms with E-state index in [-0.39, 0.29) is 18.7 Å². The normalized spacial score (nSPS) is 12.0. The number of anilines is 1. The van der Waals surface area contributed by atoms with Crippen molar-refractivity contribution in [1.29, 1.82) is 0 Å². The number of aromatic nitrogens is 1. The molecule has 1 atom stereocenters. The third-order valence-electron chi connectivity index (χ3n) is 4.65. The summed E-state index contributed by atoms with van der Waals surface area (Å²) < 4.78 is 58.5. The number of alkyl halides is 3. The Bertz CT molecular complexity index is 1200. The first kappa shape index (κ1) is 25.8. The van der Waals surface area contributed by atoms with Gasteiger partial charge < -0.3 is 15.4 Å². The molecular weight excluding hydrogens is 490 g/mol. The number of hydrogen-bond donors (Lipinski definition) is 2. The maximum absolute atomic E-state index is 13.5. The summed E-state index contributed by atoms with van der Waals surface area (Å²) in [5, 5.41) is 4.20. The van der Waals surface area contributed by atoms with Gasteiger partial charge >= 0.3 is 12.3 Å². The van der Waals surface area contributed by atoms with Gasteiger partial charge in [0.2, 0.25) is 11.7 Å². The number of carbonyl (C=O) groups excluding carboxylic acids is 3. The highest BCUT2D eigenvalue weighted by atomic mass is 32.1. The van der Waals surface area contributed by atoms with Crippen molar-refractivity contribution in [2.24, 2.45) is 5.92 Å². The molecule has 0 bridgehead atoms. The minimum atomic E-state index is -4.96. The zero-order valence-corrected chi connectivity index (χ0v) is 19.0. The van der Waals surface area contributed by atoms with Crippen molar-refractivity contribution >= 4 is 34.3 Å². The fourth-order valence-corrected chi connectivity index (χ4v) is 3.73. The number of rotatable bonds is 8. The predicted octanol–water partition coefficient (Wildman–Crippen LogP) is 5.03. The van der Waals surface area contributed by atoms with Crippen molar-refractivity contribution in [3.63, 3.8) is 0 Å². The second-order valence-corrected chi connectivity index (χ2v) is 8.36. The van der Waals surface area contributed by atoms with Crippen molar-refractivity contribution in [2.75, 3.05) is 11.9 Å². The number of nitrogens with one attached hydrogen (secondary N) is 2. The van der Waals surface area contributed by atoms with Crippen molar-refractivity contribution in [3.05, 3.63) is 82.1 Å². The summed E-state index contributed by atoms with van der Waals surface area (Å²) >= 11 is 0.351. The number of amides is 2. The molecule has 0 spiro atoms. The van der Waals surface area contributed by atoms with E-state index in [1.165, 1.54) is 6.92 Å². The van der Waals surface area contributed by atoms with Crippen LogP contribution in [0.4, 0.5) is 27.5 Å². The second kappa shape index (κ2) is 11.1. The van der Waals surface area contributed by atoms with E-state index in [0.29, 0.717) is 11.3 Å². The van der Waals surface area contributed by atoms with Gasteiger partial charge in [-0.05, 0) is 29.8 Å². The Labute approximate surface area is 201 Å². The van der Waals surface area contributed by atoms with Crippen LogP contribution in [0.25, 0.3) is 0 Å². The van der Waals surface area contributed by atoms with Crippen LogP contribution in [0.3, 0.4) is 0 Å². The zero-order chi connectivity index (χ0) is 25.6. The Hall–Kier alpha value is -3.80. The number of carbonyl (C=O) groups is 3. The molecule has 1 unspecified atom stereocenters. The Morgan fingerprint density at radius 1 is 1.06 bits per heavy atom. The summed E-state index contributed by atoms with van der Waals surface area (Å²) in [6.45, 7) is 1.31. The summed E-state index contributed by atoms with van der Waals surface area (Å²) in [6.07, 6.45) is -5.73. The molecule has 2 amide bonds. The van der Waals surface area contributed by atoms with Crippen LogP contribution in [-0.2, 0) is 22.3 Å². The van der Waals surface area contributed by atoms with Gasteiger partial charge in [0, 0.05) is 12.1 Å². The van der Waals surface area contributed by atoms with Gasteiger partial charge in [-0.3, -0.25) is 9.59 Å². The molecule has 0 radical (unpaired) electrons. The molecule has 0 saturated heterocycles. The fourth-order valence-electron chi connectivity index (χ4n) is 2.78. The molecule has 3 aromatic rings. The van der Waals surface area contributed by atoms with Gasteiger partial charge in [0.05, 0.1) is 5.92 Å². The van der Waals surface area contributed by atoms with Crippen LogP contribution in [0.15, 0.2) is 54.6 Å². The number of ether oxygens (including phenoxy) is 1. The first-order chi connectivity index (χ1) is 16.5. The number of hydrogen-bond acceptors (Lipinski definition) is 6. The Morgan fingerprint density at radius 3 is 2.34 bits per heavy atom. The fraction of sp³-hybridized carbons (Fsp3) is 0.217. The Balaban J connectivity index is 1.62. The smallest absolute Gasteiger partial charge is 0.435 e. The molecule has 7 nitrogen and oxygen atoms in total. The third kappa shape index (κ3) is 7.09. The van der Waals surface area contributed by atoms with E-state index in [1.807, 2.05) is 6.07 Å². The van der Waals surface area contributed by atoms with Gasteiger partial charge in [-0.15, -0.1) is 0 Å². The molecule has 3 rings (SSSR count). The number of halogens is 4. The highest BCUT2D eigenvalue weighted by Gasteiger charge is 2.40. The van der Waals surface area contributed by atoms with Crippen LogP contribution in [0.1, 0.15) is 33.4 Å². The second-order valence-electron chi connectivity index (χ2n) is 7.36. The molecule has 12 heteroatoms. The van der Waals surface area contributed by atoms with E-state index in [0.717, 1.165) is 29.8 Å². The highest BCUT2D eigenvalue weighted by molar-refractivity contribution is 7.18. The van der Waals surface area contributed by atoms with Gasteiger partial charge in [0.15, 0.2) is 10.8 Å². The van der Waals surface area contributed by atoms with Crippen LogP contribution >= 0.6 is 11.3 Å². The lowest BCUT2D eigenvalue weighted by atomic mass is 10.1. The SMILES string of the molecule is CC(CNC(=O)OCc1ccccc1)C(=O)Nc1nc(C(F)(F)F)c(C(=O)c2ccc(F)cc2)s1. The molecule has 0 aliphatic carbocycles. The summed E-state index contributed by atoms with van der Waals surface area (Å²) in [7, 11) is 0. The Kier molecular flexibility index (Phi) is 8.18. The van der Waals surface area contributed by atoms with Crippen LogP contribution in [0.2, 0.25) is 0 Å². The lowest BCUT2D eigenvalue weighted by Crippen LogP contribution is -2.34. The van der Waals surface area contributed by atoms with Crippen LogP contribution in [-0.4, -0.2) is 29.3 Å². The van der Waals surface area contributed by atoms with Crippen molar-refractivity contribution in [1.82, 2.24) is 10.3 Å². The zero-order valence-electron chi connectivity index (χ0n) is 18.2. The number of benzene rings is 2. The summed E-state index contributed by atoms with van der Waals surface area (Å²) in [5.41, 5.74) is -0.851. The van der Waals surface area contributed by atoms with Crippen LogP contribution in [0.5, 0.6) is 0 Å². The number of alkyl carbamates (subject to hydrolysis) is 1. The molecular formula is C23H19F4N3O4S. The molecule has 35 heavy (non-hydrogen) atoms. The maximum Gasteiger partial charge on any atom is 0.435 e. The van der Waals surface area contributed by atoms with Gasteiger partial charge in [-0.2, -0.15) is 13.2 Å². The molecule has 1 heterocycles. The van der Waals surface area contributed by atoms with E-state index >= 15 is 0 Å². The van der Waals surface area contributed by atoms with Gasteiger partial charge in [-0.25, -0.2) is 14.2 Å². The lowest BCUT2D eigenvalue weighted by Gasteiger charge is -2.12. The average Bonchev–Trinajstić information content (AvgIpc) is 3.26. The van der Waals surface area contributed by atoms with Crippen molar-refractivity contribution in [2.45, 2.75) is 19.7 Å². The van der Waals surface area contributed by atoms with Crippen molar-refractivity contribution < 1.29 is 36.7 Å². The van der Waals surface area contributed by atoms with E-state index in [4.69, 9.17) is 4.74 Å². The van der Waals surface area contributed by atoms with Crippen LogP contribution in [0, 0.1) is 11.7 Å². The van der Waals surface area contributed by atoms with Gasteiger partial charge in [0.1, 0.15) is 17.3 Å². The summed E-state index contributed by atoms with van der Waals surface area (Å²) in [4.78, 5) is 39.5. The van der Waals surface area contributed by atoms with E-state index in [2.05, 4.69) is 15.6 Å². The molecule has 2 N–H and O–H groups in total. The average molecular weight is 509 g/mol. The third-order valence-corrected chi connectivity index (χ3v) is 5.62. The summed E-state index contributed by atoms with van der Waals surface area (Å²) in [6, 6.07) is 12.9. The van der Waals surface area contributed by atoms with Crippen molar-refractivity contribution in [3.8, 4) is 0 Å². The lowest BCUT2D eigenvalue weighted by molar-refractivity contribution is -0.141. The molecule has 184 valence electrons. The van der Waals surface area contributed by atoms with Gasteiger partial charge in [-0.1, -0.05) is 48.6 Å². The minimum absolute atomic E-state index is 0.0252. The first-order valence-electron chi connectivity index (χ1n) is 10.2. The minimum Gasteiger partial charge on any atom is -0.445 e. The summed E-state index contributed by atoms with van der Waals surface area (Å²) in [5.74, 6) is -3.24. The van der Waals surface area contributed by atoms with Gasteiger partial charge in [0.25, 0.3) is 0 Å². The maximum atomic E-state index is 13.5. The number of nitrogens with zero attached hydrogens (tertiary/aromatic N) is 1. The molecule has 1 aromatic heterocycles. The van der Waals surface area contributed by atoms with E-state index < -0.39 is 51.4 Å². The topological polar surface area (TPSA) is 97.4 Å². The molecule has 0 aliphatic rings. The molecule has 2 aromatic carbocycles. The molecule has 0 saturated carbocycles. The Morgan fingerprint density at radius 2 is 1.71 bits per heavy atom. The molecule has 0 aliphatic heterocycles. The van der Waals surface area contributed by atoms with E-state index in [1.54, 1.807) is 24.3 Å². The quantitative estimate of drug-likeness (QED) is 0.328. The number of ketones is 1.